The van der Waals surface area contributed by atoms with Crippen molar-refractivity contribution in [3.63, 3.8) is 0 Å². The molecule has 0 aliphatic heterocycles. The summed E-state index contributed by atoms with van der Waals surface area (Å²) in [5.41, 5.74) is 1.70. The van der Waals surface area contributed by atoms with Crippen LogP contribution in [0.4, 0.5) is 0 Å². The third-order valence-corrected chi connectivity index (χ3v) is 7.17. The Bertz CT molecular complexity index is 1040. The number of carbonyl (C=O) groups is 1. The number of hydrogen-bond donors (Lipinski definition) is 0. The zero-order valence-electron chi connectivity index (χ0n) is 15.9. The molecule has 0 spiro atoms. The molecule has 0 N–H and O–H groups in total. The van der Waals surface area contributed by atoms with E-state index in [4.69, 9.17) is 23.2 Å². The van der Waals surface area contributed by atoms with Crippen LogP contribution >= 0.6 is 62.7 Å². The molecule has 0 bridgehead atoms. The molecule has 0 fully saturated rings. The van der Waals surface area contributed by atoms with Gasteiger partial charge in [-0.1, -0.05) is 75.2 Å². The van der Waals surface area contributed by atoms with Crippen LogP contribution in [0.25, 0.3) is 0 Å². The summed E-state index contributed by atoms with van der Waals surface area (Å²) in [5.74, 6) is 2.59. The summed E-state index contributed by atoms with van der Waals surface area (Å²) in [6.07, 6.45) is 1.80. The summed E-state index contributed by atoms with van der Waals surface area (Å²) in [4.78, 5) is 12.5. The van der Waals surface area contributed by atoms with Gasteiger partial charge in [0.1, 0.15) is 5.82 Å². The van der Waals surface area contributed by atoms with E-state index in [2.05, 4.69) is 32.7 Å². The highest BCUT2D eigenvalue weighted by atomic mass is 79.9. The summed E-state index contributed by atoms with van der Waals surface area (Å²) in [6, 6.07) is 12.9. The first-order valence-electron chi connectivity index (χ1n) is 8.94. The van der Waals surface area contributed by atoms with Crippen LogP contribution in [-0.4, -0.2) is 26.3 Å². The monoisotopic (exact) mass is 541 g/mol. The van der Waals surface area contributed by atoms with Gasteiger partial charge in [-0.3, -0.25) is 4.79 Å². The highest BCUT2D eigenvalue weighted by Crippen LogP contribution is 2.27. The Kier molecular flexibility index (Phi) is 8.89. The first-order valence-corrected chi connectivity index (χ1v) is 12.6. The number of benzene rings is 2. The molecule has 9 heteroatoms. The largest absolute Gasteiger partial charge is 0.301 e. The lowest BCUT2D eigenvalue weighted by Crippen LogP contribution is -2.06. The second-order valence-corrected chi connectivity index (χ2v) is 9.93. The molecule has 0 atom stereocenters. The standard InChI is InChI=1S/C21H18BrCl2N3OS2/c1-2-9-27-20(13-29-11-15-5-8-17(23)10-18(15)24)25-26-21(27)30-12-19(28)14-3-6-16(22)7-4-14/h2-8,10H,1,9,11-13H2. The fraction of sp³-hybridized carbons (Fsp3) is 0.190. The predicted molar refractivity (Wildman–Crippen MR) is 131 cm³/mol. The molecule has 3 aromatic rings. The number of ketones is 1. The molecule has 156 valence electrons. The molecule has 1 aromatic heterocycles. The Balaban J connectivity index is 1.61. The maximum Gasteiger partial charge on any atom is 0.191 e. The van der Waals surface area contributed by atoms with Crippen LogP contribution in [-0.2, 0) is 18.1 Å². The lowest BCUT2D eigenvalue weighted by Gasteiger charge is -2.08. The Hall–Kier alpha value is -1.25. The summed E-state index contributed by atoms with van der Waals surface area (Å²) >= 11 is 18.7. The van der Waals surface area contributed by atoms with Gasteiger partial charge in [-0.2, -0.15) is 0 Å². The van der Waals surface area contributed by atoms with Gasteiger partial charge in [0.15, 0.2) is 10.9 Å². The third kappa shape index (κ3) is 6.37. The normalized spacial score (nSPS) is 10.9. The summed E-state index contributed by atoms with van der Waals surface area (Å²) in [6.45, 7) is 4.41. The second kappa shape index (κ2) is 11.4. The summed E-state index contributed by atoms with van der Waals surface area (Å²) in [7, 11) is 0. The van der Waals surface area contributed by atoms with Gasteiger partial charge >= 0.3 is 0 Å². The highest BCUT2D eigenvalue weighted by molar-refractivity contribution is 9.10. The lowest BCUT2D eigenvalue weighted by molar-refractivity contribution is 0.102. The van der Waals surface area contributed by atoms with Gasteiger partial charge in [0, 0.05) is 32.4 Å². The van der Waals surface area contributed by atoms with Crippen molar-refractivity contribution >= 4 is 68.4 Å². The third-order valence-electron chi connectivity index (χ3n) is 4.11. The van der Waals surface area contributed by atoms with Crippen molar-refractivity contribution < 1.29 is 4.79 Å². The van der Waals surface area contributed by atoms with E-state index in [9.17, 15) is 4.79 Å². The Morgan fingerprint density at radius 2 is 1.90 bits per heavy atom. The molecule has 0 unspecified atom stereocenters. The van der Waals surface area contributed by atoms with Gasteiger partial charge in [0.2, 0.25) is 0 Å². The van der Waals surface area contributed by atoms with Crippen LogP contribution < -0.4 is 0 Å². The molecule has 0 saturated carbocycles. The molecule has 4 nitrogen and oxygen atoms in total. The van der Waals surface area contributed by atoms with Crippen molar-refractivity contribution in [3.05, 3.63) is 86.6 Å². The predicted octanol–water partition coefficient (Wildman–Crippen LogP) is 6.94. The molecule has 1 heterocycles. The fourth-order valence-corrected chi connectivity index (χ4v) is 5.24. The number of Topliss-reactive ketones (excluding diaryl/α,β-unsaturated/α-hetero) is 1. The minimum atomic E-state index is 0.0500. The molecule has 0 saturated heterocycles. The number of aromatic nitrogens is 3. The molecular weight excluding hydrogens is 525 g/mol. The van der Waals surface area contributed by atoms with Gasteiger partial charge in [0.05, 0.1) is 11.5 Å². The van der Waals surface area contributed by atoms with Crippen LogP contribution in [0, 0.1) is 0 Å². The van der Waals surface area contributed by atoms with Crippen LogP contribution in [0.3, 0.4) is 0 Å². The van der Waals surface area contributed by atoms with E-state index < -0.39 is 0 Å². The van der Waals surface area contributed by atoms with Crippen LogP contribution in [0.2, 0.25) is 10.0 Å². The molecule has 0 radical (unpaired) electrons. The Morgan fingerprint density at radius 1 is 1.13 bits per heavy atom. The lowest BCUT2D eigenvalue weighted by atomic mass is 10.2. The number of carbonyl (C=O) groups excluding carboxylic acids is 1. The van der Waals surface area contributed by atoms with Gasteiger partial charge < -0.3 is 4.57 Å². The van der Waals surface area contributed by atoms with Gasteiger partial charge in [-0.15, -0.1) is 28.5 Å². The van der Waals surface area contributed by atoms with Gasteiger partial charge in [-0.05, 0) is 29.8 Å². The second-order valence-electron chi connectivity index (χ2n) is 6.25. The first-order chi connectivity index (χ1) is 14.5. The number of rotatable bonds is 10. The molecule has 30 heavy (non-hydrogen) atoms. The zero-order chi connectivity index (χ0) is 21.5. The minimum Gasteiger partial charge on any atom is -0.301 e. The number of halogens is 3. The quantitative estimate of drug-likeness (QED) is 0.158. The van der Waals surface area contributed by atoms with Crippen molar-refractivity contribution in [3.8, 4) is 0 Å². The van der Waals surface area contributed by atoms with E-state index in [1.54, 1.807) is 23.9 Å². The van der Waals surface area contributed by atoms with Crippen molar-refractivity contribution in [1.29, 1.82) is 0 Å². The van der Waals surface area contributed by atoms with Crippen LogP contribution in [0.5, 0.6) is 0 Å². The van der Waals surface area contributed by atoms with Crippen LogP contribution in [0.1, 0.15) is 21.7 Å². The molecular formula is C21H18BrCl2N3OS2. The van der Waals surface area contributed by atoms with E-state index >= 15 is 0 Å². The number of allylic oxidation sites excluding steroid dienone is 1. The maximum absolute atomic E-state index is 12.5. The average molecular weight is 543 g/mol. The fourth-order valence-electron chi connectivity index (χ4n) is 2.59. The highest BCUT2D eigenvalue weighted by Gasteiger charge is 2.15. The smallest absolute Gasteiger partial charge is 0.191 e. The summed E-state index contributed by atoms with van der Waals surface area (Å²) < 4.78 is 2.93. The number of thioether (sulfide) groups is 2. The molecule has 0 aliphatic rings. The van der Waals surface area contributed by atoms with Crippen molar-refractivity contribution in [2.24, 2.45) is 0 Å². The van der Waals surface area contributed by atoms with Crippen molar-refractivity contribution in [2.75, 3.05) is 5.75 Å². The van der Waals surface area contributed by atoms with Crippen molar-refractivity contribution in [1.82, 2.24) is 14.8 Å². The summed E-state index contributed by atoms with van der Waals surface area (Å²) in [5, 5.41) is 10.6. The molecule has 0 aliphatic carbocycles. The van der Waals surface area contributed by atoms with E-state index in [0.717, 1.165) is 21.6 Å². The SMILES string of the molecule is C=CCn1c(CSCc2ccc(Cl)cc2Cl)nnc1SCC(=O)c1ccc(Br)cc1. The average Bonchev–Trinajstić information content (AvgIpc) is 3.10. The van der Waals surface area contributed by atoms with E-state index in [1.165, 1.54) is 11.8 Å². The molecule has 3 rings (SSSR count). The molecule has 2 aromatic carbocycles. The van der Waals surface area contributed by atoms with Crippen LogP contribution in [0.15, 0.2) is 64.7 Å². The van der Waals surface area contributed by atoms with E-state index in [1.807, 2.05) is 41.0 Å². The maximum atomic E-state index is 12.5. The van der Waals surface area contributed by atoms with Gasteiger partial charge in [0.25, 0.3) is 0 Å². The Morgan fingerprint density at radius 3 is 2.60 bits per heavy atom. The number of hydrogen-bond acceptors (Lipinski definition) is 5. The topological polar surface area (TPSA) is 47.8 Å². The van der Waals surface area contributed by atoms with E-state index in [0.29, 0.717) is 38.8 Å². The first kappa shape index (κ1) is 23.4. The van der Waals surface area contributed by atoms with E-state index in [-0.39, 0.29) is 5.78 Å². The molecule has 0 amide bonds. The zero-order valence-corrected chi connectivity index (χ0v) is 20.6. The van der Waals surface area contributed by atoms with Gasteiger partial charge in [-0.25, -0.2) is 0 Å². The minimum absolute atomic E-state index is 0.0500. The van der Waals surface area contributed by atoms with Crippen molar-refractivity contribution in [2.45, 2.75) is 23.2 Å². The number of nitrogens with zero attached hydrogens (tertiary/aromatic N) is 3. The Labute approximate surface area is 202 Å².